The summed E-state index contributed by atoms with van der Waals surface area (Å²) in [6, 6.07) is 3.66. The summed E-state index contributed by atoms with van der Waals surface area (Å²) in [6.45, 7) is 0. The Morgan fingerprint density at radius 2 is 2.07 bits per heavy atom. The number of anilines is 1. The smallest absolute Gasteiger partial charge is 0.337 e. The number of aromatic carboxylic acids is 1. The van der Waals surface area contributed by atoms with Gasteiger partial charge < -0.3 is 10.5 Å². The van der Waals surface area contributed by atoms with Crippen molar-refractivity contribution in [2.24, 2.45) is 5.84 Å². The van der Waals surface area contributed by atoms with Gasteiger partial charge in [0.1, 0.15) is 0 Å². The Hall–Kier alpha value is -1.60. The van der Waals surface area contributed by atoms with Crippen molar-refractivity contribution in [3.8, 4) is 0 Å². The highest BCUT2D eigenvalue weighted by molar-refractivity contribution is 7.90. The molecule has 1 aromatic carbocycles. The van der Waals surface area contributed by atoms with Crippen molar-refractivity contribution in [2.45, 2.75) is 4.90 Å². The van der Waals surface area contributed by atoms with Crippen LogP contribution in [-0.2, 0) is 9.84 Å². The van der Waals surface area contributed by atoms with Crippen LogP contribution in [0.4, 0.5) is 5.69 Å². The number of nitrogens with two attached hydrogens (primary N) is 1. The highest BCUT2D eigenvalue weighted by atomic mass is 32.2. The molecule has 15 heavy (non-hydrogen) atoms. The highest BCUT2D eigenvalue weighted by Gasteiger charge is 2.14. The monoisotopic (exact) mass is 230 g/mol. The summed E-state index contributed by atoms with van der Waals surface area (Å²) in [6.07, 6.45) is 1.00. The van der Waals surface area contributed by atoms with E-state index in [4.69, 9.17) is 10.9 Å². The number of nitrogen functional groups attached to an aromatic ring is 1. The Morgan fingerprint density at radius 3 is 2.47 bits per heavy atom. The summed E-state index contributed by atoms with van der Waals surface area (Å²) in [4.78, 5) is 10.7. The molecule has 0 saturated carbocycles. The lowest BCUT2D eigenvalue weighted by Crippen LogP contribution is -2.12. The molecule has 0 amide bonds. The molecule has 0 fully saturated rings. The van der Waals surface area contributed by atoms with Gasteiger partial charge in [0.2, 0.25) is 0 Å². The Morgan fingerprint density at radius 1 is 1.47 bits per heavy atom. The van der Waals surface area contributed by atoms with Crippen LogP contribution in [0.3, 0.4) is 0 Å². The van der Waals surface area contributed by atoms with Gasteiger partial charge in [-0.05, 0) is 18.2 Å². The zero-order valence-electron chi connectivity index (χ0n) is 7.89. The molecular weight excluding hydrogens is 220 g/mol. The van der Waals surface area contributed by atoms with Gasteiger partial charge in [0, 0.05) is 6.26 Å². The molecule has 0 aliphatic heterocycles. The van der Waals surface area contributed by atoms with E-state index < -0.39 is 15.8 Å². The lowest BCUT2D eigenvalue weighted by Gasteiger charge is -2.06. The SMILES string of the molecule is CS(=O)(=O)c1ccc(NN)c(C(=O)O)c1. The van der Waals surface area contributed by atoms with Crippen molar-refractivity contribution in [3.05, 3.63) is 23.8 Å². The predicted octanol–water partition coefficient (Wildman–Crippen LogP) is 0.0739. The molecule has 1 aromatic rings. The fraction of sp³-hybridized carbons (Fsp3) is 0.125. The van der Waals surface area contributed by atoms with Crippen LogP contribution in [0.2, 0.25) is 0 Å². The van der Waals surface area contributed by atoms with E-state index in [1.54, 1.807) is 0 Å². The first-order chi connectivity index (χ1) is 6.86. The summed E-state index contributed by atoms with van der Waals surface area (Å²) in [5, 5.41) is 8.80. The first-order valence-corrected chi connectivity index (χ1v) is 5.79. The molecule has 1 rings (SSSR count). The number of carboxylic acid groups (broad SMARTS) is 1. The van der Waals surface area contributed by atoms with Crippen LogP contribution in [-0.4, -0.2) is 25.7 Å². The average molecular weight is 230 g/mol. The molecule has 0 atom stereocenters. The third kappa shape index (κ3) is 2.45. The number of hydrogen-bond donors (Lipinski definition) is 3. The molecule has 0 heterocycles. The molecule has 82 valence electrons. The fourth-order valence-electron chi connectivity index (χ4n) is 1.06. The van der Waals surface area contributed by atoms with Crippen molar-refractivity contribution in [1.29, 1.82) is 0 Å². The van der Waals surface area contributed by atoms with Gasteiger partial charge in [-0.3, -0.25) is 5.84 Å². The van der Waals surface area contributed by atoms with Crippen LogP contribution in [0.25, 0.3) is 0 Å². The van der Waals surface area contributed by atoms with Crippen LogP contribution in [0.5, 0.6) is 0 Å². The molecule has 0 aliphatic carbocycles. The van der Waals surface area contributed by atoms with Gasteiger partial charge in [-0.25, -0.2) is 13.2 Å². The molecule has 0 radical (unpaired) electrons. The molecule has 0 aromatic heterocycles. The standard InChI is InChI=1S/C8H10N2O4S/c1-15(13,14)5-2-3-7(10-9)6(4-5)8(11)12/h2-4,10H,9H2,1H3,(H,11,12). The van der Waals surface area contributed by atoms with E-state index >= 15 is 0 Å². The Kier molecular flexibility index (Phi) is 2.96. The van der Waals surface area contributed by atoms with Gasteiger partial charge in [-0.1, -0.05) is 0 Å². The average Bonchev–Trinajstić information content (AvgIpc) is 2.15. The van der Waals surface area contributed by atoms with Crippen LogP contribution in [0.15, 0.2) is 23.1 Å². The first kappa shape index (κ1) is 11.5. The Labute approximate surface area is 86.6 Å². The second-order valence-electron chi connectivity index (χ2n) is 2.93. The second-order valence-corrected chi connectivity index (χ2v) is 4.94. The van der Waals surface area contributed by atoms with E-state index in [1.165, 1.54) is 12.1 Å². The van der Waals surface area contributed by atoms with Crippen molar-refractivity contribution in [2.75, 3.05) is 11.7 Å². The first-order valence-electron chi connectivity index (χ1n) is 3.90. The quantitative estimate of drug-likeness (QED) is 0.501. The number of sulfone groups is 1. The van der Waals surface area contributed by atoms with E-state index in [-0.39, 0.29) is 16.1 Å². The van der Waals surface area contributed by atoms with E-state index in [9.17, 15) is 13.2 Å². The van der Waals surface area contributed by atoms with E-state index in [1.807, 2.05) is 0 Å². The summed E-state index contributed by atoms with van der Waals surface area (Å²) in [5.41, 5.74) is 2.16. The van der Waals surface area contributed by atoms with Crippen LogP contribution in [0.1, 0.15) is 10.4 Å². The fourth-order valence-corrected chi connectivity index (χ4v) is 1.70. The van der Waals surface area contributed by atoms with E-state index in [2.05, 4.69) is 5.43 Å². The maximum absolute atomic E-state index is 11.2. The second kappa shape index (κ2) is 3.87. The summed E-state index contributed by atoms with van der Waals surface area (Å²) in [5.74, 6) is 3.84. The van der Waals surface area contributed by atoms with Crippen molar-refractivity contribution >= 4 is 21.5 Å². The van der Waals surface area contributed by atoms with Gasteiger partial charge in [-0.15, -0.1) is 0 Å². The lowest BCUT2D eigenvalue weighted by molar-refractivity contribution is 0.0697. The van der Waals surface area contributed by atoms with Gasteiger partial charge >= 0.3 is 5.97 Å². The molecule has 0 aliphatic rings. The summed E-state index contributed by atoms with van der Waals surface area (Å²) in [7, 11) is -3.42. The zero-order valence-corrected chi connectivity index (χ0v) is 8.71. The normalized spacial score (nSPS) is 11.1. The lowest BCUT2D eigenvalue weighted by atomic mass is 10.2. The predicted molar refractivity (Wildman–Crippen MR) is 54.3 cm³/mol. The van der Waals surface area contributed by atoms with Gasteiger partial charge in [0.25, 0.3) is 0 Å². The number of carboxylic acids is 1. The molecule has 0 saturated heterocycles. The topological polar surface area (TPSA) is 109 Å². The molecule has 6 nitrogen and oxygen atoms in total. The number of benzene rings is 1. The summed E-state index contributed by atoms with van der Waals surface area (Å²) < 4.78 is 22.3. The molecule has 0 bridgehead atoms. The number of hydrazine groups is 1. The Bertz CT molecular complexity index is 495. The minimum absolute atomic E-state index is 0.0566. The number of carbonyl (C=O) groups is 1. The van der Waals surface area contributed by atoms with Gasteiger partial charge in [0.15, 0.2) is 9.84 Å². The summed E-state index contributed by atoms with van der Waals surface area (Å²) >= 11 is 0. The Balaban J connectivity index is 3.42. The third-order valence-electron chi connectivity index (χ3n) is 1.81. The van der Waals surface area contributed by atoms with Gasteiger partial charge in [0.05, 0.1) is 16.1 Å². The molecular formula is C8H10N2O4S. The van der Waals surface area contributed by atoms with Crippen LogP contribution in [0, 0.1) is 0 Å². The number of hydrogen-bond acceptors (Lipinski definition) is 5. The van der Waals surface area contributed by atoms with Crippen molar-refractivity contribution in [3.63, 3.8) is 0 Å². The third-order valence-corrected chi connectivity index (χ3v) is 2.92. The van der Waals surface area contributed by atoms with Crippen LogP contribution >= 0.6 is 0 Å². The minimum atomic E-state index is -3.42. The molecule has 0 spiro atoms. The van der Waals surface area contributed by atoms with E-state index in [0.29, 0.717) is 0 Å². The maximum Gasteiger partial charge on any atom is 0.337 e. The number of nitrogens with one attached hydrogen (secondary N) is 1. The van der Waals surface area contributed by atoms with Crippen LogP contribution < -0.4 is 11.3 Å². The minimum Gasteiger partial charge on any atom is -0.478 e. The van der Waals surface area contributed by atoms with Crippen molar-refractivity contribution in [1.82, 2.24) is 0 Å². The van der Waals surface area contributed by atoms with Gasteiger partial charge in [-0.2, -0.15) is 0 Å². The maximum atomic E-state index is 11.2. The van der Waals surface area contributed by atoms with E-state index in [0.717, 1.165) is 12.3 Å². The van der Waals surface area contributed by atoms with Crippen molar-refractivity contribution < 1.29 is 18.3 Å². The molecule has 4 N–H and O–H groups in total. The highest BCUT2D eigenvalue weighted by Crippen LogP contribution is 2.19. The molecule has 0 unspecified atom stereocenters. The molecule has 7 heteroatoms. The largest absolute Gasteiger partial charge is 0.478 e. The number of rotatable bonds is 3. The zero-order chi connectivity index (χ0) is 11.6.